The Bertz CT molecular complexity index is 1450. The van der Waals surface area contributed by atoms with Crippen LogP contribution in [-0.4, -0.2) is 105 Å². The monoisotopic (exact) mass is 804 g/mol. The van der Waals surface area contributed by atoms with Crippen molar-refractivity contribution in [1.82, 2.24) is 9.97 Å². The van der Waals surface area contributed by atoms with Crippen LogP contribution in [0.25, 0.3) is 0 Å². The van der Waals surface area contributed by atoms with Crippen molar-refractivity contribution in [3.8, 4) is 0 Å². The number of aromatic nitrogens is 2. The molecule has 51 heavy (non-hydrogen) atoms. The summed E-state index contributed by atoms with van der Waals surface area (Å²) < 4.78 is 76.1. The molecular formula is C34H46MoN2O14. The molecule has 0 unspecified atom stereocenters. The van der Waals surface area contributed by atoms with Gasteiger partial charge in [0.15, 0.2) is 23.1 Å². The zero-order valence-corrected chi connectivity index (χ0v) is 31.8. The molecule has 0 saturated carbocycles. The van der Waals surface area contributed by atoms with Crippen molar-refractivity contribution in [2.45, 2.75) is 139 Å². The van der Waals surface area contributed by atoms with Gasteiger partial charge in [0.05, 0.1) is 13.2 Å². The fourth-order valence-electron chi connectivity index (χ4n) is 7.24. The third kappa shape index (κ3) is 7.85. The van der Waals surface area contributed by atoms with Crippen LogP contribution < -0.4 is 0 Å². The molecule has 10 atom stereocenters. The zero-order valence-electron chi connectivity index (χ0n) is 29.7. The van der Waals surface area contributed by atoms with E-state index in [9.17, 15) is 10.2 Å². The first-order valence-corrected chi connectivity index (χ1v) is 18.4. The third-order valence-corrected chi connectivity index (χ3v) is 9.17. The Kier molecular flexibility index (Phi) is 10.7. The van der Waals surface area contributed by atoms with Crippen molar-refractivity contribution < 1.29 is 82.9 Å². The Balaban J connectivity index is 0.000000163. The fourth-order valence-corrected chi connectivity index (χ4v) is 7.24. The van der Waals surface area contributed by atoms with E-state index >= 15 is 0 Å². The van der Waals surface area contributed by atoms with Crippen LogP contribution in [0.5, 0.6) is 0 Å². The van der Waals surface area contributed by atoms with Crippen LogP contribution in [0.2, 0.25) is 0 Å². The minimum atomic E-state index is -2.03. The van der Waals surface area contributed by atoms with Gasteiger partial charge in [0.1, 0.15) is 60.2 Å². The summed E-state index contributed by atoms with van der Waals surface area (Å²) in [5.41, 5.74) is 0.781. The zero-order chi connectivity index (χ0) is 37.0. The second-order valence-electron chi connectivity index (χ2n) is 14.8. The molecule has 6 saturated heterocycles. The SMILES string of the molecule is CC1(C)OC[C@H]([C@H]2O[C@@](O)(c3ccccn3)[C@H]3OC(C)(C)O[C@@H]23)O1.CC1(C)OC[C@H]([C@H]2O[C@@](O)(c3ccccn3)[C@H]3OC(C)(C)O[C@@H]23)O1.[O]=[Mo]=[O]. The van der Waals surface area contributed by atoms with Crippen molar-refractivity contribution in [2.75, 3.05) is 13.2 Å². The summed E-state index contributed by atoms with van der Waals surface area (Å²) in [7, 11) is 0. The van der Waals surface area contributed by atoms with Gasteiger partial charge in [0, 0.05) is 12.4 Å². The molecule has 0 amide bonds. The molecule has 0 aromatic carbocycles. The van der Waals surface area contributed by atoms with E-state index < -0.39 is 89.8 Å². The van der Waals surface area contributed by atoms with Crippen molar-refractivity contribution in [3.05, 3.63) is 60.2 Å². The van der Waals surface area contributed by atoms with E-state index in [-0.39, 0.29) is 12.2 Å². The molecule has 2 N–H and O–H groups in total. The van der Waals surface area contributed by atoms with Gasteiger partial charge in [-0.15, -0.1) is 0 Å². The molecule has 6 fully saturated rings. The maximum absolute atomic E-state index is 11.2. The molecule has 0 spiro atoms. The molecular weight excluding hydrogens is 756 g/mol. The minimum absolute atomic E-state index is 0.359. The number of hydrogen-bond acceptors (Lipinski definition) is 16. The van der Waals surface area contributed by atoms with Crippen LogP contribution in [-0.2, 0) is 84.2 Å². The van der Waals surface area contributed by atoms with E-state index in [1.165, 1.54) is 0 Å². The second kappa shape index (κ2) is 14.1. The van der Waals surface area contributed by atoms with Crippen molar-refractivity contribution in [3.63, 3.8) is 0 Å². The summed E-state index contributed by atoms with van der Waals surface area (Å²) in [6, 6.07) is 10.6. The Labute approximate surface area is 304 Å². The van der Waals surface area contributed by atoms with Crippen molar-refractivity contribution in [2.24, 2.45) is 0 Å². The number of nitrogens with zero attached hydrogens (tertiary/aromatic N) is 2. The van der Waals surface area contributed by atoms with E-state index in [0.29, 0.717) is 24.6 Å². The molecule has 8 heterocycles. The summed E-state index contributed by atoms with van der Waals surface area (Å²) in [5, 5.41) is 22.5. The first-order valence-electron chi connectivity index (χ1n) is 16.7. The normalized spacial score (nSPS) is 40.7. The fraction of sp³-hybridized carbons (Fsp3) is 0.706. The van der Waals surface area contributed by atoms with E-state index in [2.05, 4.69) is 9.97 Å². The standard InChI is InChI=1S/2C17H23NO6.Mo.2O/c2*1-15(2)20-9-10(21-15)12-13-14(24-16(3,4)22-13)17(19,23-12)11-7-5-6-8-18-11;;;/h2*5-8,10,12-14,19H,9H2,1-4H3;;;/t2*10-,12-,13+,14+,17+;;;/m11.../s1. The van der Waals surface area contributed by atoms with Gasteiger partial charge in [-0.05, 0) is 79.7 Å². The second-order valence-corrected chi connectivity index (χ2v) is 15.2. The van der Waals surface area contributed by atoms with Crippen molar-refractivity contribution >= 4 is 0 Å². The number of fused-ring (bicyclic) bond motifs is 2. The summed E-state index contributed by atoms with van der Waals surface area (Å²) >= 11 is -2.03. The number of aliphatic hydroxyl groups is 2. The third-order valence-electron chi connectivity index (χ3n) is 9.17. The van der Waals surface area contributed by atoms with Crippen LogP contribution in [0.15, 0.2) is 48.8 Å². The molecule has 0 radical (unpaired) electrons. The molecule has 8 rings (SSSR count). The van der Waals surface area contributed by atoms with Gasteiger partial charge in [-0.2, -0.15) is 0 Å². The summed E-state index contributed by atoms with van der Waals surface area (Å²) in [6.07, 6.45) is -0.888. The number of rotatable bonds is 4. The van der Waals surface area contributed by atoms with Gasteiger partial charge < -0.3 is 57.6 Å². The first-order chi connectivity index (χ1) is 23.8. The summed E-state index contributed by atoms with van der Waals surface area (Å²) in [5.74, 6) is -6.42. The van der Waals surface area contributed by atoms with Crippen LogP contribution in [0.1, 0.15) is 66.8 Å². The van der Waals surface area contributed by atoms with Gasteiger partial charge in [-0.3, -0.25) is 9.97 Å². The topological polar surface area (TPSA) is 193 Å². The van der Waals surface area contributed by atoms with Crippen LogP contribution >= 0.6 is 0 Å². The Morgan fingerprint density at radius 3 is 1.22 bits per heavy atom. The molecule has 6 aliphatic rings. The van der Waals surface area contributed by atoms with E-state index in [1.807, 2.05) is 55.4 Å². The average Bonchev–Trinajstić information content (AvgIpc) is 3.88. The molecule has 0 bridgehead atoms. The molecule has 282 valence electrons. The number of ether oxygens (including phenoxy) is 10. The maximum atomic E-state index is 11.2. The Morgan fingerprint density at radius 1 is 0.549 bits per heavy atom. The molecule has 17 heteroatoms. The van der Waals surface area contributed by atoms with Crippen LogP contribution in [0.3, 0.4) is 0 Å². The average molecular weight is 803 g/mol. The van der Waals surface area contributed by atoms with E-state index in [1.54, 1.807) is 48.8 Å². The Hall–Kier alpha value is -1.89. The van der Waals surface area contributed by atoms with Crippen LogP contribution in [0, 0.1) is 0 Å². The first kappa shape index (κ1) is 38.8. The summed E-state index contributed by atoms with van der Waals surface area (Å²) in [6.45, 7) is 15.4. The molecule has 6 aliphatic heterocycles. The van der Waals surface area contributed by atoms with Crippen LogP contribution in [0.4, 0.5) is 0 Å². The van der Waals surface area contributed by atoms with Gasteiger partial charge in [-0.1, -0.05) is 12.1 Å². The van der Waals surface area contributed by atoms with Gasteiger partial charge in [0.25, 0.3) is 0 Å². The van der Waals surface area contributed by atoms with Gasteiger partial charge in [0.2, 0.25) is 11.6 Å². The molecule has 2 aromatic heterocycles. The predicted molar refractivity (Wildman–Crippen MR) is 165 cm³/mol. The molecule has 2 aromatic rings. The number of hydrogen-bond donors (Lipinski definition) is 2. The van der Waals surface area contributed by atoms with Crippen molar-refractivity contribution in [1.29, 1.82) is 0 Å². The summed E-state index contributed by atoms with van der Waals surface area (Å²) in [4.78, 5) is 8.50. The van der Waals surface area contributed by atoms with Gasteiger partial charge >= 0.3 is 25.3 Å². The molecule has 16 nitrogen and oxygen atoms in total. The molecule has 0 aliphatic carbocycles. The van der Waals surface area contributed by atoms with Gasteiger partial charge in [-0.25, -0.2) is 0 Å². The Morgan fingerprint density at radius 2 is 0.922 bits per heavy atom. The predicted octanol–water partition coefficient (Wildman–Crippen LogP) is 2.35. The quantitative estimate of drug-likeness (QED) is 0.428. The number of pyridine rings is 2. The van der Waals surface area contributed by atoms with E-state index in [0.717, 1.165) is 0 Å². The van der Waals surface area contributed by atoms with E-state index in [4.69, 9.17) is 54.2 Å².